The van der Waals surface area contributed by atoms with Crippen LogP contribution in [-0.2, 0) is 20.8 Å². The maximum Gasteiger partial charge on any atom is 0.270 e. The highest BCUT2D eigenvalue weighted by Gasteiger charge is 2.35. The lowest BCUT2D eigenvalue weighted by atomic mass is 10.1. The van der Waals surface area contributed by atoms with Crippen LogP contribution in [0.25, 0.3) is 0 Å². The van der Waals surface area contributed by atoms with Gasteiger partial charge < -0.3 is 21.2 Å². The van der Waals surface area contributed by atoms with E-state index in [1.165, 1.54) is 6.08 Å². The lowest BCUT2D eigenvalue weighted by Gasteiger charge is -2.30. The van der Waals surface area contributed by atoms with E-state index in [1.807, 2.05) is 56.3 Å². The van der Waals surface area contributed by atoms with Crippen molar-refractivity contribution in [2.24, 2.45) is 9.98 Å². The molecule has 1 aromatic rings. The summed E-state index contributed by atoms with van der Waals surface area (Å²) in [4.78, 5) is 45.7. The number of hydrogen-bond donors (Lipinski definition) is 3. The summed E-state index contributed by atoms with van der Waals surface area (Å²) in [5.74, 6) is -0.410. The van der Waals surface area contributed by atoms with E-state index in [2.05, 4.69) is 20.6 Å². The van der Waals surface area contributed by atoms with Crippen LogP contribution in [0.1, 0.15) is 38.7 Å². The molecule has 0 spiro atoms. The molecule has 1 unspecified atom stereocenters. The number of benzene rings is 1. The molecule has 2 heterocycles. The number of nitrogens with one attached hydrogen (secondary N) is 2. The van der Waals surface area contributed by atoms with Gasteiger partial charge in [-0.2, -0.15) is 5.01 Å². The standard InChI is InChI=1S/C27H35N7O3/c1-4-6-22(8-5-7-19(2)14-16-35)31-26(37)24-17-23(32-27-30-18-33(3)34(24)27)25(36)29-15-13-20-9-11-21(28)12-10-20/h4,6-7,9-12,16-17,22H,5,8,13-15,18,28H2,1-3H3,(H,29,36)(H,31,37)/b6-4+,19-7+. The van der Waals surface area contributed by atoms with Gasteiger partial charge >= 0.3 is 0 Å². The molecule has 2 aliphatic heterocycles. The summed E-state index contributed by atoms with van der Waals surface area (Å²) in [7, 11) is 1.80. The Morgan fingerprint density at radius 3 is 2.68 bits per heavy atom. The fraction of sp³-hybridized carbons (Fsp3) is 0.370. The highest BCUT2D eigenvalue weighted by atomic mass is 16.2. The van der Waals surface area contributed by atoms with Crippen LogP contribution in [0.2, 0.25) is 0 Å². The maximum atomic E-state index is 13.4. The van der Waals surface area contributed by atoms with Crippen LogP contribution in [-0.4, -0.2) is 66.1 Å². The number of rotatable bonds is 12. The summed E-state index contributed by atoms with van der Waals surface area (Å²) in [5.41, 5.74) is 8.87. The number of aldehydes is 1. The summed E-state index contributed by atoms with van der Waals surface area (Å²) < 4.78 is 0. The first-order valence-electron chi connectivity index (χ1n) is 12.3. The van der Waals surface area contributed by atoms with E-state index >= 15 is 0 Å². The molecule has 3 rings (SSSR count). The first kappa shape index (κ1) is 27.5. The Balaban J connectivity index is 1.69. The molecule has 2 amide bonds. The van der Waals surface area contributed by atoms with Gasteiger partial charge in [0.05, 0.1) is 0 Å². The van der Waals surface area contributed by atoms with E-state index in [0.717, 1.165) is 17.4 Å². The van der Waals surface area contributed by atoms with E-state index in [4.69, 9.17) is 5.73 Å². The van der Waals surface area contributed by atoms with Crippen molar-refractivity contribution in [1.29, 1.82) is 0 Å². The number of nitrogens with two attached hydrogens (primary N) is 1. The first-order chi connectivity index (χ1) is 17.8. The second kappa shape index (κ2) is 13.3. The van der Waals surface area contributed by atoms with Gasteiger partial charge in [-0.05, 0) is 50.8 Å². The topological polar surface area (TPSA) is 132 Å². The number of aliphatic imine (C=N–C) groups is 2. The highest BCUT2D eigenvalue weighted by Crippen LogP contribution is 2.20. The van der Waals surface area contributed by atoms with E-state index < -0.39 is 0 Å². The smallest absolute Gasteiger partial charge is 0.270 e. The largest absolute Gasteiger partial charge is 0.399 e. The molecule has 0 saturated heterocycles. The normalized spacial score (nSPS) is 16.6. The Bertz CT molecular complexity index is 1150. The summed E-state index contributed by atoms with van der Waals surface area (Å²) in [6, 6.07) is 7.27. The fourth-order valence-corrected chi connectivity index (χ4v) is 3.94. The second-order valence-corrected chi connectivity index (χ2v) is 8.95. The van der Waals surface area contributed by atoms with E-state index in [9.17, 15) is 14.4 Å². The van der Waals surface area contributed by atoms with Gasteiger partial charge in [0.2, 0.25) is 5.96 Å². The van der Waals surface area contributed by atoms with Gasteiger partial charge in [-0.3, -0.25) is 9.59 Å². The van der Waals surface area contributed by atoms with Gasteiger partial charge in [-0.1, -0.05) is 35.9 Å². The molecule has 2 aliphatic rings. The van der Waals surface area contributed by atoms with Crippen molar-refractivity contribution in [3.05, 3.63) is 65.4 Å². The van der Waals surface area contributed by atoms with Crippen molar-refractivity contribution < 1.29 is 14.4 Å². The number of guanidine groups is 1. The molecule has 0 bridgehead atoms. The average molecular weight is 506 g/mol. The zero-order chi connectivity index (χ0) is 26.8. The number of nitrogens with zero attached hydrogens (tertiary/aromatic N) is 4. The maximum absolute atomic E-state index is 13.4. The van der Waals surface area contributed by atoms with Crippen molar-refractivity contribution in [2.75, 3.05) is 26.0 Å². The Hall–Kier alpha value is -4.05. The lowest BCUT2D eigenvalue weighted by molar-refractivity contribution is -0.120. The van der Waals surface area contributed by atoms with E-state index in [1.54, 1.807) is 17.1 Å². The Morgan fingerprint density at radius 1 is 1.22 bits per heavy atom. The van der Waals surface area contributed by atoms with Crippen LogP contribution in [0, 0.1) is 0 Å². The number of carbonyl (C=O) groups is 3. The number of allylic oxidation sites excluding steroid dienone is 3. The van der Waals surface area contributed by atoms with Crippen LogP contribution in [0.4, 0.5) is 5.69 Å². The van der Waals surface area contributed by atoms with Crippen LogP contribution in [0.3, 0.4) is 0 Å². The quantitative estimate of drug-likeness (QED) is 0.226. The lowest BCUT2D eigenvalue weighted by Crippen LogP contribution is -2.48. The third-order valence-electron chi connectivity index (χ3n) is 5.93. The van der Waals surface area contributed by atoms with E-state index in [0.29, 0.717) is 50.5 Å². The van der Waals surface area contributed by atoms with Crippen LogP contribution < -0.4 is 16.4 Å². The first-order valence-corrected chi connectivity index (χ1v) is 12.3. The Labute approximate surface area is 217 Å². The van der Waals surface area contributed by atoms with Crippen LogP contribution in [0.5, 0.6) is 0 Å². The highest BCUT2D eigenvalue weighted by molar-refractivity contribution is 6.46. The van der Waals surface area contributed by atoms with Gasteiger partial charge in [0.1, 0.15) is 24.4 Å². The Morgan fingerprint density at radius 2 is 1.97 bits per heavy atom. The third-order valence-corrected chi connectivity index (χ3v) is 5.93. The number of amides is 2. The summed E-state index contributed by atoms with van der Waals surface area (Å²) >= 11 is 0. The number of hydrazine groups is 1. The molecule has 37 heavy (non-hydrogen) atoms. The minimum absolute atomic E-state index is 0.128. The predicted molar refractivity (Wildman–Crippen MR) is 145 cm³/mol. The molecule has 4 N–H and O–H groups in total. The molecule has 0 radical (unpaired) electrons. The average Bonchev–Trinajstić information content (AvgIpc) is 3.25. The van der Waals surface area contributed by atoms with Gasteiger partial charge in [-0.15, -0.1) is 0 Å². The van der Waals surface area contributed by atoms with Crippen molar-refractivity contribution in [3.63, 3.8) is 0 Å². The van der Waals surface area contributed by atoms with Crippen LogP contribution in [0.15, 0.2) is 69.8 Å². The number of nitrogen functional groups attached to an aromatic ring is 1. The number of fused-ring (bicyclic) bond motifs is 1. The van der Waals surface area contributed by atoms with Crippen molar-refractivity contribution in [2.45, 2.75) is 45.6 Å². The monoisotopic (exact) mass is 505 g/mol. The molecule has 1 aromatic carbocycles. The molecule has 10 nitrogen and oxygen atoms in total. The number of anilines is 1. The third kappa shape index (κ3) is 7.71. The summed E-state index contributed by atoms with van der Waals surface area (Å²) in [6.45, 7) is 4.55. The van der Waals surface area contributed by atoms with Gasteiger partial charge in [0.15, 0.2) is 0 Å². The van der Waals surface area contributed by atoms with Gasteiger partial charge in [-0.25, -0.2) is 15.0 Å². The molecular formula is C27H35N7O3. The molecule has 0 saturated carbocycles. The summed E-state index contributed by atoms with van der Waals surface area (Å²) in [6.07, 6.45) is 10.6. The second-order valence-electron chi connectivity index (χ2n) is 8.95. The SMILES string of the molecule is C/C=C/C(CC/C=C(\C)CC=O)NC(=O)C1=CC(C(=O)NCCc2ccc(N)cc2)=NC2=NCN(C)N12. The zero-order valence-electron chi connectivity index (χ0n) is 21.6. The molecule has 1 atom stereocenters. The van der Waals surface area contributed by atoms with Crippen molar-refractivity contribution in [3.8, 4) is 0 Å². The Kier molecular flexibility index (Phi) is 9.91. The minimum atomic E-state index is -0.376. The zero-order valence-corrected chi connectivity index (χ0v) is 21.6. The molecule has 0 aromatic heterocycles. The van der Waals surface area contributed by atoms with Crippen LogP contribution >= 0.6 is 0 Å². The molecule has 196 valence electrons. The molecule has 0 fully saturated rings. The van der Waals surface area contributed by atoms with Crippen molar-refractivity contribution >= 4 is 35.5 Å². The fourth-order valence-electron chi connectivity index (χ4n) is 3.94. The van der Waals surface area contributed by atoms with Gasteiger partial charge in [0, 0.05) is 37.8 Å². The molecular weight excluding hydrogens is 470 g/mol. The molecule has 10 heteroatoms. The van der Waals surface area contributed by atoms with Crippen molar-refractivity contribution in [1.82, 2.24) is 20.7 Å². The summed E-state index contributed by atoms with van der Waals surface area (Å²) in [5, 5.41) is 9.28. The minimum Gasteiger partial charge on any atom is -0.399 e. The van der Waals surface area contributed by atoms with Gasteiger partial charge in [0.25, 0.3) is 11.8 Å². The number of hydrogen-bond acceptors (Lipinski definition) is 8. The van der Waals surface area contributed by atoms with E-state index in [-0.39, 0.29) is 29.3 Å². The molecule has 0 aliphatic carbocycles. The predicted octanol–water partition coefficient (Wildman–Crippen LogP) is 2.12. The number of carbonyl (C=O) groups excluding carboxylic acids is 3.